The fourth-order valence-electron chi connectivity index (χ4n) is 2.78. The lowest BCUT2D eigenvalue weighted by Crippen LogP contribution is -2.38. The third-order valence-corrected chi connectivity index (χ3v) is 4.13. The highest BCUT2D eigenvalue weighted by atomic mass is 35.5. The van der Waals surface area contributed by atoms with E-state index in [9.17, 15) is 4.79 Å². The van der Waals surface area contributed by atoms with Crippen molar-refractivity contribution in [2.45, 2.75) is 12.8 Å². The number of carbonyl (C=O) groups excluding carboxylic acids is 1. The fraction of sp³-hybridized carbons (Fsp3) is 0.278. The number of amides is 1. The van der Waals surface area contributed by atoms with E-state index in [2.05, 4.69) is 0 Å². The van der Waals surface area contributed by atoms with Gasteiger partial charge >= 0.3 is 0 Å². The van der Waals surface area contributed by atoms with Gasteiger partial charge in [0, 0.05) is 11.6 Å². The first-order chi connectivity index (χ1) is 11.2. The largest absolute Gasteiger partial charge is 0.495 e. The van der Waals surface area contributed by atoms with Crippen LogP contribution in [-0.4, -0.2) is 26.2 Å². The summed E-state index contributed by atoms with van der Waals surface area (Å²) >= 11 is 5.84. The van der Waals surface area contributed by atoms with Gasteiger partial charge in [0.05, 0.1) is 12.8 Å². The normalized spacial score (nSPS) is 13.4. The molecule has 5 heteroatoms. The zero-order valence-corrected chi connectivity index (χ0v) is 13.7. The maximum absolute atomic E-state index is 12.6. The van der Waals surface area contributed by atoms with Gasteiger partial charge in [-0.1, -0.05) is 23.7 Å². The van der Waals surface area contributed by atoms with Gasteiger partial charge in [-0.15, -0.1) is 0 Å². The molecule has 3 rings (SSSR count). The van der Waals surface area contributed by atoms with Crippen LogP contribution in [0.3, 0.4) is 0 Å². The monoisotopic (exact) mass is 331 g/mol. The van der Waals surface area contributed by atoms with Gasteiger partial charge in [-0.2, -0.15) is 0 Å². The highest BCUT2D eigenvalue weighted by Gasteiger charge is 2.26. The van der Waals surface area contributed by atoms with Crippen molar-refractivity contribution in [1.29, 1.82) is 0 Å². The van der Waals surface area contributed by atoms with Crippen molar-refractivity contribution < 1.29 is 14.3 Å². The van der Waals surface area contributed by atoms with Crippen LogP contribution in [0, 0.1) is 0 Å². The molecule has 0 radical (unpaired) electrons. The van der Waals surface area contributed by atoms with Crippen molar-refractivity contribution in [2.24, 2.45) is 0 Å². The molecule has 0 bridgehead atoms. The minimum atomic E-state index is -0.0783. The molecule has 23 heavy (non-hydrogen) atoms. The van der Waals surface area contributed by atoms with E-state index in [1.165, 1.54) is 0 Å². The summed E-state index contributed by atoms with van der Waals surface area (Å²) in [7, 11) is 1.62. The Hall–Kier alpha value is -2.20. The summed E-state index contributed by atoms with van der Waals surface area (Å²) in [4.78, 5) is 14.3. The zero-order chi connectivity index (χ0) is 16.2. The highest BCUT2D eigenvalue weighted by molar-refractivity contribution is 6.30. The Morgan fingerprint density at radius 2 is 2.00 bits per heavy atom. The summed E-state index contributed by atoms with van der Waals surface area (Å²) in [5.41, 5.74) is 2.00. The number of carbonyl (C=O) groups is 1. The van der Waals surface area contributed by atoms with Gasteiger partial charge in [0.15, 0.2) is 6.61 Å². The first-order valence-corrected chi connectivity index (χ1v) is 7.91. The number of halogens is 1. The van der Waals surface area contributed by atoms with Crippen LogP contribution < -0.4 is 14.4 Å². The molecule has 0 saturated carbocycles. The van der Waals surface area contributed by atoms with Gasteiger partial charge in [-0.05, 0) is 48.7 Å². The molecule has 0 N–H and O–H groups in total. The molecule has 1 amide bonds. The molecule has 0 spiro atoms. The number of fused-ring (bicyclic) bond motifs is 1. The molecule has 1 aliphatic rings. The molecule has 1 aliphatic heterocycles. The summed E-state index contributed by atoms with van der Waals surface area (Å²) in [6, 6.07) is 12.8. The van der Waals surface area contributed by atoms with Gasteiger partial charge in [0.25, 0.3) is 5.91 Å². The second-order valence-electron chi connectivity index (χ2n) is 5.36. The molecule has 0 atom stereocenters. The molecular formula is C18H18ClNO3. The minimum Gasteiger partial charge on any atom is -0.495 e. The summed E-state index contributed by atoms with van der Waals surface area (Å²) in [6.45, 7) is 0.662. The topological polar surface area (TPSA) is 38.8 Å². The molecule has 120 valence electrons. The number of ether oxygens (including phenoxy) is 2. The van der Waals surface area contributed by atoms with Crippen LogP contribution in [0.1, 0.15) is 12.0 Å². The molecule has 2 aromatic rings. The van der Waals surface area contributed by atoms with E-state index in [4.69, 9.17) is 21.1 Å². The van der Waals surface area contributed by atoms with Gasteiger partial charge < -0.3 is 14.4 Å². The Kier molecular flexibility index (Phi) is 4.72. The number of hydrogen-bond donors (Lipinski definition) is 0. The molecule has 0 aliphatic carbocycles. The third-order valence-electron chi connectivity index (χ3n) is 3.88. The van der Waals surface area contributed by atoms with Crippen LogP contribution >= 0.6 is 11.6 Å². The number of rotatable bonds is 4. The molecule has 4 nitrogen and oxygen atoms in total. The first kappa shape index (κ1) is 15.7. The van der Waals surface area contributed by atoms with Crippen molar-refractivity contribution in [1.82, 2.24) is 0 Å². The van der Waals surface area contributed by atoms with E-state index in [0.29, 0.717) is 17.3 Å². The zero-order valence-electron chi connectivity index (χ0n) is 12.9. The number of aryl methyl sites for hydroxylation is 1. The lowest BCUT2D eigenvalue weighted by Gasteiger charge is -2.30. The van der Waals surface area contributed by atoms with E-state index in [-0.39, 0.29) is 12.5 Å². The van der Waals surface area contributed by atoms with E-state index >= 15 is 0 Å². The lowest BCUT2D eigenvalue weighted by molar-refractivity contribution is -0.120. The van der Waals surface area contributed by atoms with Crippen LogP contribution in [0.5, 0.6) is 11.5 Å². The van der Waals surface area contributed by atoms with Crippen LogP contribution in [0.2, 0.25) is 5.02 Å². The second-order valence-corrected chi connectivity index (χ2v) is 5.80. The van der Waals surface area contributed by atoms with Crippen molar-refractivity contribution >= 4 is 23.2 Å². The fourth-order valence-corrected chi connectivity index (χ4v) is 2.91. The van der Waals surface area contributed by atoms with Crippen molar-refractivity contribution in [3.63, 3.8) is 0 Å². The quantitative estimate of drug-likeness (QED) is 0.857. The van der Waals surface area contributed by atoms with Crippen LogP contribution in [-0.2, 0) is 11.2 Å². The first-order valence-electron chi connectivity index (χ1n) is 7.53. The minimum absolute atomic E-state index is 0.0148. The smallest absolute Gasteiger partial charge is 0.265 e. The van der Waals surface area contributed by atoms with Crippen molar-refractivity contribution in [2.75, 3.05) is 25.2 Å². The number of para-hydroxylation sites is 1. The average Bonchev–Trinajstić information content (AvgIpc) is 2.60. The molecule has 1 heterocycles. The number of hydrogen-bond acceptors (Lipinski definition) is 3. The van der Waals surface area contributed by atoms with Gasteiger partial charge in [0.1, 0.15) is 11.5 Å². The number of nitrogens with zero attached hydrogens (tertiary/aromatic N) is 1. The van der Waals surface area contributed by atoms with Crippen LogP contribution in [0.4, 0.5) is 5.69 Å². The predicted octanol–water partition coefficient (Wildman–Crippen LogP) is 3.71. The summed E-state index contributed by atoms with van der Waals surface area (Å²) in [5, 5.41) is 0.637. The average molecular weight is 332 g/mol. The maximum atomic E-state index is 12.6. The number of anilines is 1. The summed E-state index contributed by atoms with van der Waals surface area (Å²) < 4.78 is 11.0. The van der Waals surface area contributed by atoms with Gasteiger partial charge in [-0.25, -0.2) is 0 Å². The standard InChI is InChI=1S/C18H18ClNO3/c1-22-16-6-2-4-13-5-3-11-20(18(13)16)17(21)12-23-15-9-7-14(19)8-10-15/h2,4,6-10H,3,5,11-12H2,1H3. The Labute approximate surface area is 140 Å². The number of methoxy groups -OCH3 is 1. The van der Waals surface area contributed by atoms with E-state index < -0.39 is 0 Å². The molecule has 0 fully saturated rings. The van der Waals surface area contributed by atoms with E-state index in [1.54, 1.807) is 36.3 Å². The lowest BCUT2D eigenvalue weighted by atomic mass is 10.0. The van der Waals surface area contributed by atoms with E-state index in [0.717, 1.165) is 29.8 Å². The third kappa shape index (κ3) is 3.42. The molecular weight excluding hydrogens is 314 g/mol. The Bertz CT molecular complexity index is 686. The molecule has 0 unspecified atom stereocenters. The van der Waals surface area contributed by atoms with Crippen molar-refractivity contribution in [3.05, 3.63) is 53.1 Å². The van der Waals surface area contributed by atoms with Crippen LogP contribution in [0.25, 0.3) is 0 Å². The van der Waals surface area contributed by atoms with Gasteiger partial charge in [0.2, 0.25) is 0 Å². The maximum Gasteiger partial charge on any atom is 0.265 e. The molecule has 2 aromatic carbocycles. The SMILES string of the molecule is COc1cccc2c1N(C(=O)COc1ccc(Cl)cc1)CCC2. The Morgan fingerprint density at radius 3 is 2.74 bits per heavy atom. The second kappa shape index (κ2) is 6.92. The Balaban J connectivity index is 1.75. The molecule has 0 saturated heterocycles. The predicted molar refractivity (Wildman–Crippen MR) is 90.6 cm³/mol. The van der Waals surface area contributed by atoms with Crippen molar-refractivity contribution in [3.8, 4) is 11.5 Å². The van der Waals surface area contributed by atoms with Crippen LogP contribution in [0.15, 0.2) is 42.5 Å². The number of benzene rings is 2. The summed E-state index contributed by atoms with van der Waals surface area (Å²) in [6.07, 6.45) is 1.89. The Morgan fingerprint density at radius 1 is 1.22 bits per heavy atom. The molecule has 0 aromatic heterocycles. The summed E-state index contributed by atoms with van der Waals surface area (Å²) in [5.74, 6) is 1.27. The van der Waals surface area contributed by atoms with E-state index in [1.807, 2.05) is 18.2 Å². The highest BCUT2D eigenvalue weighted by Crippen LogP contribution is 2.36. The van der Waals surface area contributed by atoms with Gasteiger partial charge in [-0.3, -0.25) is 4.79 Å².